The number of carbonyl (C=O) groups excluding carboxylic acids is 2. The molecule has 2 atom stereocenters. The van der Waals surface area contributed by atoms with Crippen molar-refractivity contribution in [2.45, 2.75) is 38.6 Å². The van der Waals surface area contributed by atoms with Crippen LogP contribution in [0.1, 0.15) is 32.6 Å². The number of carbonyl (C=O) groups is 2. The molecule has 1 fully saturated rings. The largest absolute Gasteiger partial charge is 0.480 e. The van der Waals surface area contributed by atoms with Crippen molar-refractivity contribution in [3.63, 3.8) is 0 Å². The van der Waals surface area contributed by atoms with E-state index in [0.717, 1.165) is 19.3 Å². The van der Waals surface area contributed by atoms with Gasteiger partial charge in [0.15, 0.2) is 13.2 Å². The molecule has 138 valence electrons. The van der Waals surface area contributed by atoms with Crippen LogP contribution in [0.2, 0.25) is 15.1 Å². The van der Waals surface area contributed by atoms with Crippen LogP contribution in [0.4, 0.5) is 0 Å². The van der Waals surface area contributed by atoms with E-state index in [2.05, 4.69) is 12.2 Å². The summed E-state index contributed by atoms with van der Waals surface area (Å²) < 4.78 is 10.2. The van der Waals surface area contributed by atoms with Gasteiger partial charge in [0.2, 0.25) is 0 Å². The smallest absolute Gasteiger partial charge is 0.344 e. The van der Waals surface area contributed by atoms with E-state index in [-0.39, 0.29) is 46.0 Å². The zero-order valence-corrected chi connectivity index (χ0v) is 16.1. The zero-order valence-electron chi connectivity index (χ0n) is 13.8. The average molecular weight is 409 g/mol. The highest BCUT2D eigenvalue weighted by molar-refractivity contribution is 6.43. The van der Waals surface area contributed by atoms with Gasteiger partial charge in [-0.15, -0.1) is 0 Å². The van der Waals surface area contributed by atoms with Crippen LogP contribution in [0.15, 0.2) is 12.1 Å². The van der Waals surface area contributed by atoms with Gasteiger partial charge in [-0.1, -0.05) is 54.6 Å². The number of esters is 1. The minimum Gasteiger partial charge on any atom is -0.480 e. The van der Waals surface area contributed by atoms with Crippen LogP contribution in [0.5, 0.6) is 5.75 Å². The predicted octanol–water partition coefficient (Wildman–Crippen LogP) is 4.26. The highest BCUT2D eigenvalue weighted by atomic mass is 35.5. The number of ether oxygens (including phenoxy) is 2. The molecule has 0 saturated heterocycles. The summed E-state index contributed by atoms with van der Waals surface area (Å²) in [6, 6.07) is 2.98. The summed E-state index contributed by atoms with van der Waals surface area (Å²) in [6.45, 7) is 1.40. The number of halogens is 3. The molecule has 8 heteroatoms. The molecule has 1 aliphatic rings. The van der Waals surface area contributed by atoms with Crippen LogP contribution >= 0.6 is 34.8 Å². The van der Waals surface area contributed by atoms with Crippen molar-refractivity contribution in [3.05, 3.63) is 27.2 Å². The molecule has 25 heavy (non-hydrogen) atoms. The molecule has 5 nitrogen and oxygen atoms in total. The van der Waals surface area contributed by atoms with Crippen LogP contribution in [-0.2, 0) is 14.3 Å². The lowest BCUT2D eigenvalue weighted by atomic mass is 9.86. The van der Waals surface area contributed by atoms with Gasteiger partial charge in [0, 0.05) is 12.1 Å². The third-order valence-corrected chi connectivity index (χ3v) is 5.16. The van der Waals surface area contributed by atoms with Gasteiger partial charge in [-0.2, -0.15) is 0 Å². The van der Waals surface area contributed by atoms with E-state index < -0.39 is 5.97 Å². The Balaban J connectivity index is 1.73. The minimum atomic E-state index is -0.672. The Bertz CT molecular complexity index is 639. The summed E-state index contributed by atoms with van der Waals surface area (Å²) in [6.07, 6.45) is 4.35. The Labute approximate surface area is 161 Å². The first kappa shape index (κ1) is 20.1. The number of nitrogens with one attached hydrogen (secondary N) is 1. The second kappa shape index (κ2) is 9.51. The molecule has 1 aliphatic carbocycles. The number of hydrogen-bond donors (Lipinski definition) is 1. The Morgan fingerprint density at radius 3 is 2.48 bits per heavy atom. The van der Waals surface area contributed by atoms with Crippen LogP contribution in [0.3, 0.4) is 0 Å². The maximum atomic E-state index is 11.9. The Kier molecular flexibility index (Phi) is 7.66. The molecule has 1 amide bonds. The van der Waals surface area contributed by atoms with Crippen LogP contribution < -0.4 is 10.1 Å². The standard InChI is InChI=1S/C17H20Cl3NO4/c1-10-4-2-3-5-14(10)21-16(22)8-25-17(23)9-24-15-7-12(19)11(18)6-13(15)20/h6-7,10,14H,2-5,8-9H2,1H3,(H,21,22)/t10-,14-/m1/s1. The molecule has 0 aromatic heterocycles. The van der Waals surface area contributed by atoms with Gasteiger partial charge in [-0.3, -0.25) is 4.79 Å². The number of hydrogen-bond acceptors (Lipinski definition) is 4. The Morgan fingerprint density at radius 1 is 1.08 bits per heavy atom. The van der Waals surface area contributed by atoms with E-state index in [1.165, 1.54) is 18.6 Å². The van der Waals surface area contributed by atoms with Crippen molar-refractivity contribution in [2.24, 2.45) is 5.92 Å². The van der Waals surface area contributed by atoms with E-state index in [1.807, 2.05) is 0 Å². The molecule has 1 N–H and O–H groups in total. The van der Waals surface area contributed by atoms with Gasteiger partial charge in [0.05, 0.1) is 15.1 Å². The SMILES string of the molecule is C[C@@H]1CCCC[C@H]1NC(=O)COC(=O)COc1cc(Cl)c(Cl)cc1Cl. The maximum Gasteiger partial charge on any atom is 0.344 e. The highest BCUT2D eigenvalue weighted by Gasteiger charge is 2.23. The van der Waals surface area contributed by atoms with Gasteiger partial charge < -0.3 is 14.8 Å². The Hall–Kier alpha value is -1.17. The molecule has 1 aromatic rings. The lowest BCUT2D eigenvalue weighted by Crippen LogP contribution is -2.43. The van der Waals surface area contributed by atoms with Crippen LogP contribution in [0, 0.1) is 5.92 Å². The molecule has 2 rings (SSSR count). The van der Waals surface area contributed by atoms with Crippen molar-refractivity contribution < 1.29 is 19.1 Å². The van der Waals surface area contributed by atoms with Gasteiger partial charge in [-0.25, -0.2) is 4.79 Å². The van der Waals surface area contributed by atoms with Crippen LogP contribution in [0.25, 0.3) is 0 Å². The summed E-state index contributed by atoms with van der Waals surface area (Å²) in [4.78, 5) is 23.6. The van der Waals surface area contributed by atoms with E-state index in [1.54, 1.807) is 0 Å². The fourth-order valence-corrected chi connectivity index (χ4v) is 3.31. The Morgan fingerprint density at radius 2 is 1.76 bits per heavy atom. The highest BCUT2D eigenvalue weighted by Crippen LogP contribution is 2.33. The topological polar surface area (TPSA) is 64.6 Å². The fourth-order valence-electron chi connectivity index (χ4n) is 2.72. The van der Waals surface area contributed by atoms with Crippen molar-refractivity contribution >= 4 is 46.7 Å². The molecular formula is C17H20Cl3NO4. The monoisotopic (exact) mass is 407 g/mol. The third kappa shape index (κ3) is 6.24. The quantitative estimate of drug-likeness (QED) is 0.564. The summed E-state index contributed by atoms with van der Waals surface area (Å²) >= 11 is 17.6. The maximum absolute atomic E-state index is 11.9. The van der Waals surface area contributed by atoms with Crippen molar-refractivity contribution in [2.75, 3.05) is 13.2 Å². The second-order valence-electron chi connectivity index (χ2n) is 6.08. The molecule has 0 unspecified atom stereocenters. The lowest BCUT2D eigenvalue weighted by molar-refractivity contribution is -0.150. The molecule has 0 radical (unpaired) electrons. The molecule has 0 spiro atoms. The first-order valence-electron chi connectivity index (χ1n) is 8.09. The van der Waals surface area contributed by atoms with Crippen molar-refractivity contribution in [1.29, 1.82) is 0 Å². The molecule has 0 aliphatic heterocycles. The summed E-state index contributed by atoms with van der Waals surface area (Å²) in [5.74, 6) is -0.323. The van der Waals surface area contributed by atoms with Gasteiger partial charge in [0.1, 0.15) is 5.75 Å². The predicted molar refractivity (Wildman–Crippen MR) is 97.5 cm³/mol. The third-order valence-electron chi connectivity index (χ3n) is 4.14. The van der Waals surface area contributed by atoms with Crippen LogP contribution in [-0.4, -0.2) is 31.1 Å². The molecule has 0 heterocycles. The van der Waals surface area contributed by atoms with Crippen molar-refractivity contribution in [1.82, 2.24) is 5.32 Å². The van der Waals surface area contributed by atoms with E-state index in [4.69, 9.17) is 44.3 Å². The molecule has 1 aromatic carbocycles. The first-order valence-corrected chi connectivity index (χ1v) is 9.22. The zero-order chi connectivity index (χ0) is 18.4. The van der Waals surface area contributed by atoms with Crippen molar-refractivity contribution in [3.8, 4) is 5.75 Å². The molecule has 1 saturated carbocycles. The normalized spacial score (nSPS) is 20.0. The van der Waals surface area contributed by atoms with E-state index in [0.29, 0.717) is 5.92 Å². The molecular weight excluding hydrogens is 389 g/mol. The van der Waals surface area contributed by atoms with Gasteiger partial charge >= 0.3 is 5.97 Å². The average Bonchev–Trinajstić information content (AvgIpc) is 2.57. The summed E-state index contributed by atoms with van der Waals surface area (Å²) in [5, 5.41) is 3.69. The van der Waals surface area contributed by atoms with Gasteiger partial charge in [-0.05, 0) is 24.8 Å². The molecule has 0 bridgehead atoms. The fraction of sp³-hybridized carbons (Fsp3) is 0.529. The number of amides is 1. The van der Waals surface area contributed by atoms with Gasteiger partial charge in [0.25, 0.3) is 5.91 Å². The number of benzene rings is 1. The summed E-state index contributed by atoms with van der Waals surface area (Å²) in [5.41, 5.74) is 0. The summed E-state index contributed by atoms with van der Waals surface area (Å²) in [7, 11) is 0. The second-order valence-corrected chi connectivity index (χ2v) is 7.30. The van der Waals surface area contributed by atoms with E-state index in [9.17, 15) is 9.59 Å². The first-order chi connectivity index (χ1) is 11.9. The minimum absolute atomic E-state index is 0.145. The lowest BCUT2D eigenvalue weighted by Gasteiger charge is -2.29. The number of rotatable bonds is 6. The van der Waals surface area contributed by atoms with E-state index >= 15 is 0 Å².